The van der Waals surface area contributed by atoms with E-state index in [-0.39, 0.29) is 11.7 Å². The largest absolute Gasteiger partial charge is 0.508 e. The second-order valence-electron chi connectivity index (χ2n) is 19.3. The summed E-state index contributed by atoms with van der Waals surface area (Å²) in [6.07, 6.45) is 4.54. The topological polar surface area (TPSA) is 95.8 Å². The van der Waals surface area contributed by atoms with Crippen LogP contribution in [0.1, 0.15) is 53.0 Å². The molecule has 0 radical (unpaired) electrons. The van der Waals surface area contributed by atoms with E-state index in [1.807, 2.05) is 55.5 Å². The molecule has 0 aliphatic heterocycles. The number of benzene rings is 5. The lowest BCUT2D eigenvalue weighted by molar-refractivity contribution is 0.275. The van der Waals surface area contributed by atoms with E-state index in [0.29, 0.717) is 24.2 Å². The zero-order chi connectivity index (χ0) is 46.4. The Hall–Kier alpha value is -3.78. The molecule has 64 heavy (non-hydrogen) atoms. The molecular weight excluding hydrogens is 881 g/mol. The van der Waals surface area contributed by atoms with Gasteiger partial charge in [-0.25, -0.2) is 0 Å². The van der Waals surface area contributed by atoms with E-state index >= 15 is 0 Å². The van der Waals surface area contributed by atoms with E-state index in [4.69, 9.17) is 25.9 Å². The molecule has 0 aliphatic carbocycles. The smallest absolute Gasteiger partial charge is 0.318 e. The number of aryl methyl sites for hydroxylation is 3. The Kier molecular flexibility index (Phi) is 18.5. The van der Waals surface area contributed by atoms with E-state index in [1.54, 1.807) is 19.2 Å². The zero-order valence-corrected chi connectivity index (χ0v) is 45.1. The molecule has 0 aromatic heterocycles. The predicted octanol–water partition coefficient (Wildman–Crippen LogP) is 13.6. The molecular formula is C51H74O8Si5. The van der Waals surface area contributed by atoms with Crippen LogP contribution in [-0.2, 0) is 29.3 Å². The molecule has 0 amide bonds. The molecule has 5 aromatic rings. The van der Waals surface area contributed by atoms with E-state index in [1.165, 1.54) is 16.7 Å². The fraction of sp³-hybridized carbons (Fsp3) is 0.412. The molecule has 5 aromatic carbocycles. The molecule has 8 nitrogen and oxygen atoms in total. The summed E-state index contributed by atoms with van der Waals surface area (Å²) in [5.74, 6) is 1.90. The van der Waals surface area contributed by atoms with Crippen LogP contribution in [0.25, 0.3) is 0 Å². The highest BCUT2D eigenvalue weighted by atomic mass is 28.5. The summed E-state index contributed by atoms with van der Waals surface area (Å²) in [5, 5.41) is 20.3. The third kappa shape index (κ3) is 16.6. The van der Waals surface area contributed by atoms with Crippen molar-refractivity contribution in [2.75, 3.05) is 13.7 Å². The second kappa shape index (κ2) is 23.1. The third-order valence-electron chi connectivity index (χ3n) is 11.7. The highest BCUT2D eigenvalue weighted by Gasteiger charge is 2.51. The van der Waals surface area contributed by atoms with Crippen LogP contribution in [0.15, 0.2) is 127 Å². The standard InChI is InChI=1S/C51H74O8Si5/c1-42-39-43(31-33-49(42)52)23-20-36-60(3,4)56-62(7,8)58-64(10,41-48(45-25-14-11-15-26-45)46-27-16-12-17-28-46)59-63(9,38-22-35-55-47-29-18-13-19-30-47)57-61(5,6)37-21-24-44-32-34-50(53)51(40-44)54-2/h11-19,25-34,39-40,48,52-53H,20-24,35-38,41H2,1-10H3. The summed E-state index contributed by atoms with van der Waals surface area (Å²) >= 11 is 0. The van der Waals surface area contributed by atoms with Gasteiger partial charge in [0.15, 0.2) is 28.1 Å². The Morgan fingerprint density at radius 1 is 0.516 bits per heavy atom. The lowest BCUT2D eigenvalue weighted by atomic mass is 9.93. The first-order valence-corrected chi connectivity index (χ1v) is 37.1. The van der Waals surface area contributed by atoms with Crippen LogP contribution in [0.5, 0.6) is 23.0 Å². The Bertz CT molecular complexity index is 2140. The SMILES string of the molecule is COc1cc(CCC[Si](C)(C)O[Si](C)(CCCOc2ccccc2)O[Si](C)(CC(c2ccccc2)c2ccccc2)O[Si](C)(C)O[Si](C)(C)CCCc2ccc(O)c(C)c2)ccc1O. The number of phenols is 2. The minimum atomic E-state index is -3.15. The van der Waals surface area contributed by atoms with Crippen LogP contribution in [-0.4, -0.2) is 66.2 Å². The van der Waals surface area contributed by atoms with Gasteiger partial charge in [0.1, 0.15) is 11.5 Å². The van der Waals surface area contributed by atoms with Gasteiger partial charge in [-0.2, -0.15) is 0 Å². The van der Waals surface area contributed by atoms with Gasteiger partial charge >= 0.3 is 25.7 Å². The van der Waals surface area contributed by atoms with Gasteiger partial charge in [0.2, 0.25) is 0 Å². The van der Waals surface area contributed by atoms with Crippen LogP contribution in [0, 0.1) is 6.92 Å². The summed E-state index contributed by atoms with van der Waals surface area (Å²) in [4.78, 5) is 0. The average Bonchev–Trinajstić information content (AvgIpc) is 3.23. The average molecular weight is 956 g/mol. The number of rotatable bonds is 26. The van der Waals surface area contributed by atoms with E-state index in [9.17, 15) is 10.2 Å². The minimum absolute atomic E-state index is 0.0510. The van der Waals surface area contributed by atoms with Gasteiger partial charge in [0.25, 0.3) is 0 Å². The number of phenolic OH excluding ortho intramolecular Hbond substituents is 2. The molecule has 2 N–H and O–H groups in total. The Morgan fingerprint density at radius 2 is 1.03 bits per heavy atom. The molecule has 2 unspecified atom stereocenters. The first-order chi connectivity index (χ1) is 30.3. The van der Waals surface area contributed by atoms with Crippen LogP contribution in [0.3, 0.4) is 0 Å². The normalized spacial score (nSPS) is 14.2. The van der Waals surface area contributed by atoms with Crippen molar-refractivity contribution in [3.63, 3.8) is 0 Å². The highest BCUT2D eigenvalue weighted by Crippen LogP contribution is 2.40. The summed E-state index contributed by atoms with van der Waals surface area (Å²) in [7, 11) is -11.9. The molecule has 346 valence electrons. The molecule has 13 heteroatoms. The number of hydrogen-bond donors (Lipinski definition) is 2. The van der Waals surface area contributed by atoms with Crippen molar-refractivity contribution in [1.29, 1.82) is 0 Å². The predicted molar refractivity (Wildman–Crippen MR) is 275 cm³/mol. The highest BCUT2D eigenvalue weighted by molar-refractivity contribution is 6.91. The van der Waals surface area contributed by atoms with Crippen molar-refractivity contribution in [3.8, 4) is 23.0 Å². The molecule has 0 saturated carbocycles. The van der Waals surface area contributed by atoms with Crippen molar-refractivity contribution in [2.45, 2.75) is 121 Å². The summed E-state index contributed by atoms with van der Waals surface area (Å²) < 4.78 is 41.9. The van der Waals surface area contributed by atoms with Gasteiger partial charge in [-0.1, -0.05) is 97.1 Å². The van der Waals surface area contributed by atoms with E-state index < -0.39 is 42.3 Å². The lowest BCUT2D eigenvalue weighted by Gasteiger charge is -2.46. The second-order valence-corrected chi connectivity index (χ2v) is 38.8. The van der Waals surface area contributed by atoms with Gasteiger partial charge in [0.05, 0.1) is 13.7 Å². The summed E-state index contributed by atoms with van der Waals surface area (Å²) in [5.41, 5.74) is 5.74. The molecule has 2 atom stereocenters. The lowest BCUT2D eigenvalue weighted by Crippen LogP contribution is -2.61. The van der Waals surface area contributed by atoms with E-state index in [0.717, 1.165) is 67.1 Å². The molecule has 5 rings (SSSR count). The molecule has 0 spiro atoms. The van der Waals surface area contributed by atoms with Crippen LogP contribution >= 0.6 is 0 Å². The monoisotopic (exact) mass is 954 g/mol. The Balaban J connectivity index is 1.43. The van der Waals surface area contributed by atoms with Crippen LogP contribution in [0.2, 0.25) is 76.6 Å². The fourth-order valence-corrected chi connectivity index (χ4v) is 34.8. The van der Waals surface area contributed by atoms with Crippen LogP contribution < -0.4 is 9.47 Å². The van der Waals surface area contributed by atoms with Gasteiger partial charge in [-0.3, -0.25) is 0 Å². The minimum Gasteiger partial charge on any atom is -0.508 e. The van der Waals surface area contributed by atoms with Crippen molar-refractivity contribution in [3.05, 3.63) is 155 Å². The number of ether oxygens (including phenoxy) is 2. The maximum atomic E-state index is 10.2. The van der Waals surface area contributed by atoms with E-state index in [2.05, 4.69) is 119 Å². The maximum absolute atomic E-state index is 10.2. The first-order valence-electron chi connectivity index (χ1n) is 23.0. The van der Waals surface area contributed by atoms with Gasteiger partial charge in [0, 0.05) is 12.0 Å². The Labute approximate surface area is 389 Å². The number of aromatic hydroxyl groups is 2. The number of methoxy groups -OCH3 is 1. The van der Waals surface area contributed by atoms with Gasteiger partial charge in [-0.05, 0) is 168 Å². The summed E-state index contributed by atoms with van der Waals surface area (Å²) in [6, 6.07) is 46.5. The third-order valence-corrected chi connectivity index (χ3v) is 32.5. The van der Waals surface area contributed by atoms with Gasteiger partial charge in [-0.15, -0.1) is 0 Å². The van der Waals surface area contributed by atoms with Crippen molar-refractivity contribution >= 4 is 42.3 Å². The molecule has 0 fully saturated rings. The Morgan fingerprint density at radius 3 is 1.58 bits per heavy atom. The quantitative estimate of drug-likeness (QED) is 0.0418. The molecule has 0 bridgehead atoms. The van der Waals surface area contributed by atoms with Gasteiger partial charge < -0.3 is 36.1 Å². The first kappa shape index (κ1) is 51.2. The number of para-hydroxylation sites is 1. The molecule has 0 aliphatic rings. The van der Waals surface area contributed by atoms with Crippen molar-refractivity contribution in [1.82, 2.24) is 0 Å². The molecule has 0 heterocycles. The zero-order valence-electron chi connectivity index (χ0n) is 40.1. The summed E-state index contributed by atoms with van der Waals surface area (Å²) in [6.45, 7) is 20.8. The number of hydrogen-bond acceptors (Lipinski definition) is 8. The van der Waals surface area contributed by atoms with Crippen molar-refractivity contribution in [2.24, 2.45) is 0 Å². The fourth-order valence-electron chi connectivity index (χ4n) is 9.03. The van der Waals surface area contributed by atoms with Crippen molar-refractivity contribution < 1.29 is 36.1 Å². The maximum Gasteiger partial charge on any atom is 0.318 e. The molecule has 0 saturated heterocycles. The van der Waals surface area contributed by atoms with Crippen LogP contribution in [0.4, 0.5) is 0 Å².